The lowest BCUT2D eigenvalue weighted by Crippen LogP contribution is -2.33. The molecule has 2 aliphatic heterocycles. The molecule has 2 rings (SSSR count). The second kappa shape index (κ2) is 7.17. The van der Waals surface area contributed by atoms with Crippen molar-refractivity contribution in [2.45, 2.75) is 37.9 Å². The van der Waals surface area contributed by atoms with Gasteiger partial charge in [-0.05, 0) is 38.8 Å². The molecule has 0 aromatic rings. The van der Waals surface area contributed by atoms with E-state index in [1.54, 1.807) is 0 Å². The van der Waals surface area contributed by atoms with Gasteiger partial charge in [-0.1, -0.05) is 0 Å². The Morgan fingerprint density at radius 1 is 0.786 bits per heavy atom. The van der Waals surface area contributed by atoms with E-state index < -0.39 is 0 Å². The molecule has 0 saturated carbocycles. The highest BCUT2D eigenvalue weighted by molar-refractivity contribution is 4.66. The lowest BCUT2D eigenvalue weighted by atomic mass is 10.1. The number of aliphatic hydroxyl groups excluding tert-OH is 2. The van der Waals surface area contributed by atoms with Crippen molar-refractivity contribution in [3.63, 3.8) is 0 Å². The standard InChI is InChI=1S/2C5H11NO/c2*7-5-2-1-3-6-4-5/h2*5-7H,1-4H2. The molecule has 2 unspecified atom stereocenters. The molecule has 4 N–H and O–H groups in total. The molecule has 0 aromatic heterocycles. The van der Waals surface area contributed by atoms with E-state index in [2.05, 4.69) is 10.6 Å². The first-order chi connectivity index (χ1) is 6.79. The van der Waals surface area contributed by atoms with Crippen LogP contribution >= 0.6 is 0 Å². The van der Waals surface area contributed by atoms with E-state index in [1.807, 2.05) is 0 Å². The van der Waals surface area contributed by atoms with Crippen molar-refractivity contribution in [1.29, 1.82) is 0 Å². The van der Waals surface area contributed by atoms with Crippen LogP contribution in [0, 0.1) is 0 Å². The smallest absolute Gasteiger partial charge is 0.0665 e. The van der Waals surface area contributed by atoms with Crippen LogP contribution in [-0.2, 0) is 0 Å². The third kappa shape index (κ3) is 5.54. The summed E-state index contributed by atoms with van der Waals surface area (Å²) in [5, 5.41) is 23.9. The molecule has 14 heavy (non-hydrogen) atoms. The van der Waals surface area contributed by atoms with Crippen molar-refractivity contribution in [3.8, 4) is 0 Å². The largest absolute Gasteiger partial charge is 0.392 e. The Morgan fingerprint density at radius 3 is 1.36 bits per heavy atom. The van der Waals surface area contributed by atoms with Crippen LogP contribution in [0.4, 0.5) is 0 Å². The van der Waals surface area contributed by atoms with E-state index in [-0.39, 0.29) is 12.2 Å². The monoisotopic (exact) mass is 202 g/mol. The fourth-order valence-corrected chi connectivity index (χ4v) is 1.67. The molecule has 2 heterocycles. The first-order valence-corrected chi connectivity index (χ1v) is 5.56. The molecule has 2 fully saturated rings. The third-order valence-corrected chi connectivity index (χ3v) is 2.54. The minimum absolute atomic E-state index is 0.0752. The summed E-state index contributed by atoms with van der Waals surface area (Å²) < 4.78 is 0. The summed E-state index contributed by atoms with van der Waals surface area (Å²) in [6.45, 7) is 3.74. The van der Waals surface area contributed by atoms with E-state index in [1.165, 1.54) is 0 Å². The van der Waals surface area contributed by atoms with Crippen LogP contribution < -0.4 is 10.6 Å². The summed E-state index contributed by atoms with van der Waals surface area (Å²) in [6.07, 6.45) is 4.06. The maximum atomic E-state index is 8.85. The summed E-state index contributed by atoms with van der Waals surface area (Å²) in [5.41, 5.74) is 0. The highest BCUT2D eigenvalue weighted by Gasteiger charge is 2.07. The highest BCUT2D eigenvalue weighted by atomic mass is 16.3. The van der Waals surface area contributed by atoms with Crippen LogP contribution in [0.3, 0.4) is 0 Å². The fraction of sp³-hybridized carbons (Fsp3) is 1.00. The number of nitrogens with one attached hydrogen (secondary N) is 2. The van der Waals surface area contributed by atoms with Crippen molar-refractivity contribution in [2.24, 2.45) is 0 Å². The normalized spacial score (nSPS) is 33.0. The number of hydrogen-bond acceptors (Lipinski definition) is 4. The molecule has 0 bridgehead atoms. The highest BCUT2D eigenvalue weighted by Crippen LogP contribution is 1.99. The quantitative estimate of drug-likeness (QED) is 0.426. The van der Waals surface area contributed by atoms with Crippen LogP contribution in [0.2, 0.25) is 0 Å². The van der Waals surface area contributed by atoms with Crippen molar-refractivity contribution >= 4 is 0 Å². The number of piperidine rings is 2. The van der Waals surface area contributed by atoms with Crippen molar-refractivity contribution in [3.05, 3.63) is 0 Å². The molecule has 0 aliphatic carbocycles. The first kappa shape index (κ1) is 11.9. The minimum Gasteiger partial charge on any atom is -0.392 e. The maximum absolute atomic E-state index is 8.85. The van der Waals surface area contributed by atoms with Gasteiger partial charge in [0.2, 0.25) is 0 Å². The number of hydrogen-bond donors (Lipinski definition) is 4. The van der Waals surface area contributed by atoms with E-state index in [0.717, 1.165) is 51.9 Å². The topological polar surface area (TPSA) is 64.5 Å². The second-order valence-electron chi connectivity index (χ2n) is 4.00. The van der Waals surface area contributed by atoms with Crippen LogP contribution in [0.5, 0.6) is 0 Å². The first-order valence-electron chi connectivity index (χ1n) is 5.56. The molecule has 84 valence electrons. The number of aliphatic hydroxyl groups is 2. The molecule has 4 nitrogen and oxygen atoms in total. The predicted molar refractivity (Wildman–Crippen MR) is 56.2 cm³/mol. The summed E-state index contributed by atoms with van der Waals surface area (Å²) in [7, 11) is 0. The summed E-state index contributed by atoms with van der Waals surface area (Å²) >= 11 is 0. The Hall–Kier alpha value is -0.160. The Morgan fingerprint density at radius 2 is 1.21 bits per heavy atom. The van der Waals surface area contributed by atoms with Gasteiger partial charge >= 0.3 is 0 Å². The van der Waals surface area contributed by atoms with Gasteiger partial charge in [0.05, 0.1) is 12.2 Å². The molecule has 2 aliphatic rings. The van der Waals surface area contributed by atoms with Crippen LogP contribution in [0.15, 0.2) is 0 Å². The lowest BCUT2D eigenvalue weighted by molar-refractivity contribution is 0.142. The summed E-state index contributed by atoms with van der Waals surface area (Å²) in [4.78, 5) is 0. The second-order valence-corrected chi connectivity index (χ2v) is 4.00. The molecule has 0 aromatic carbocycles. The summed E-state index contributed by atoms with van der Waals surface area (Å²) in [5.74, 6) is 0. The Labute approximate surface area is 85.7 Å². The SMILES string of the molecule is OC1CCCNC1.OC1CCCNC1. The molecule has 4 heteroatoms. The van der Waals surface area contributed by atoms with Gasteiger partial charge in [-0.3, -0.25) is 0 Å². The zero-order valence-corrected chi connectivity index (χ0v) is 8.71. The van der Waals surface area contributed by atoms with Gasteiger partial charge in [0.25, 0.3) is 0 Å². The van der Waals surface area contributed by atoms with Gasteiger partial charge in [0, 0.05) is 13.1 Å². The third-order valence-electron chi connectivity index (χ3n) is 2.54. The van der Waals surface area contributed by atoms with Gasteiger partial charge in [-0.25, -0.2) is 0 Å². The lowest BCUT2D eigenvalue weighted by Gasteiger charge is -2.16. The molecule has 2 saturated heterocycles. The minimum atomic E-state index is -0.0752. The van der Waals surface area contributed by atoms with Gasteiger partial charge in [-0.15, -0.1) is 0 Å². The van der Waals surface area contributed by atoms with E-state index in [4.69, 9.17) is 10.2 Å². The number of rotatable bonds is 0. The molecule has 0 spiro atoms. The maximum Gasteiger partial charge on any atom is 0.0665 e. The van der Waals surface area contributed by atoms with Gasteiger partial charge in [0.1, 0.15) is 0 Å². The fourth-order valence-electron chi connectivity index (χ4n) is 1.67. The molecular weight excluding hydrogens is 180 g/mol. The van der Waals surface area contributed by atoms with Crippen molar-refractivity contribution < 1.29 is 10.2 Å². The zero-order chi connectivity index (χ0) is 10.2. The van der Waals surface area contributed by atoms with E-state index in [9.17, 15) is 0 Å². The zero-order valence-electron chi connectivity index (χ0n) is 8.71. The number of β-amino-alcohol motifs (C(OH)–C–C–N with tert-alkyl or cyclic N) is 2. The van der Waals surface area contributed by atoms with E-state index >= 15 is 0 Å². The van der Waals surface area contributed by atoms with Crippen LogP contribution in [-0.4, -0.2) is 48.6 Å². The molecule has 0 amide bonds. The Kier molecular flexibility index (Phi) is 6.10. The molecule has 2 atom stereocenters. The average molecular weight is 202 g/mol. The van der Waals surface area contributed by atoms with E-state index in [0.29, 0.717) is 0 Å². The summed E-state index contributed by atoms with van der Waals surface area (Å²) in [6, 6.07) is 0. The molecular formula is C10H22N2O2. The molecule has 0 radical (unpaired) electrons. The average Bonchev–Trinajstić information content (AvgIpc) is 2.21. The Balaban J connectivity index is 0.000000140. The van der Waals surface area contributed by atoms with Gasteiger partial charge < -0.3 is 20.8 Å². The van der Waals surface area contributed by atoms with Crippen LogP contribution in [0.25, 0.3) is 0 Å². The van der Waals surface area contributed by atoms with Gasteiger partial charge in [0.15, 0.2) is 0 Å². The van der Waals surface area contributed by atoms with Crippen molar-refractivity contribution in [2.75, 3.05) is 26.2 Å². The Bertz CT molecular complexity index is 116. The van der Waals surface area contributed by atoms with Gasteiger partial charge in [-0.2, -0.15) is 0 Å². The predicted octanol–water partition coefficient (Wildman–Crippen LogP) is -0.539. The van der Waals surface area contributed by atoms with Crippen LogP contribution in [0.1, 0.15) is 25.7 Å². The van der Waals surface area contributed by atoms with Crippen molar-refractivity contribution in [1.82, 2.24) is 10.6 Å².